The summed E-state index contributed by atoms with van der Waals surface area (Å²) in [6.45, 7) is 6.41. The van der Waals surface area contributed by atoms with Crippen LogP contribution in [0.15, 0.2) is 65.0 Å². The van der Waals surface area contributed by atoms with Gasteiger partial charge in [-0.1, -0.05) is 18.2 Å². The first-order valence-electron chi connectivity index (χ1n) is 9.52. The molecule has 1 aliphatic heterocycles. The fourth-order valence-electron chi connectivity index (χ4n) is 2.90. The molecule has 0 saturated carbocycles. The van der Waals surface area contributed by atoms with Gasteiger partial charge < -0.3 is 14.6 Å². The van der Waals surface area contributed by atoms with Gasteiger partial charge in [-0.3, -0.25) is 9.69 Å². The Hall–Kier alpha value is -3.52. The highest BCUT2D eigenvalue weighted by atomic mass is 32.2. The van der Waals surface area contributed by atoms with Gasteiger partial charge in [0.1, 0.15) is 0 Å². The van der Waals surface area contributed by atoms with Gasteiger partial charge >= 0.3 is 5.97 Å². The molecule has 7 nitrogen and oxygen atoms in total. The van der Waals surface area contributed by atoms with Gasteiger partial charge in [0.15, 0.2) is 16.7 Å². The lowest BCUT2D eigenvalue weighted by molar-refractivity contribution is -0.121. The summed E-state index contributed by atoms with van der Waals surface area (Å²) in [6, 6.07) is 11.7. The number of amides is 1. The van der Waals surface area contributed by atoms with Crippen molar-refractivity contribution in [1.82, 2.24) is 4.90 Å². The molecule has 1 saturated heterocycles. The van der Waals surface area contributed by atoms with E-state index in [9.17, 15) is 14.7 Å². The number of carboxylic acids is 1. The molecule has 1 N–H and O–H groups in total. The maximum atomic E-state index is 13.0. The number of amidine groups is 1. The Balaban J connectivity index is 1.95. The van der Waals surface area contributed by atoms with Crippen molar-refractivity contribution in [2.75, 3.05) is 20.3 Å². The van der Waals surface area contributed by atoms with Crippen LogP contribution in [0, 0.1) is 0 Å². The summed E-state index contributed by atoms with van der Waals surface area (Å²) in [6.07, 6.45) is 3.38. The molecule has 0 bridgehead atoms. The monoisotopic (exact) mass is 438 g/mol. The number of hydrogen-bond donors (Lipinski definition) is 1. The first kappa shape index (κ1) is 22.2. The SMILES string of the molecule is C=CCN1C(=O)/C(=C/c2ccc(OCC)c(OC)c2)SC1=Nc1cccc(C(=O)O)c1. The Morgan fingerprint density at radius 2 is 2.06 bits per heavy atom. The van der Waals surface area contributed by atoms with Crippen LogP contribution in [0.3, 0.4) is 0 Å². The van der Waals surface area contributed by atoms with Crippen LogP contribution < -0.4 is 9.47 Å². The molecule has 1 amide bonds. The van der Waals surface area contributed by atoms with Crippen molar-refractivity contribution in [1.29, 1.82) is 0 Å². The first-order chi connectivity index (χ1) is 15.0. The number of ether oxygens (including phenoxy) is 2. The minimum Gasteiger partial charge on any atom is -0.493 e. The number of aliphatic imine (C=N–C) groups is 1. The van der Waals surface area contributed by atoms with E-state index in [0.29, 0.717) is 33.9 Å². The Bertz CT molecular complexity index is 1080. The van der Waals surface area contributed by atoms with Crippen LogP contribution in [0.5, 0.6) is 11.5 Å². The van der Waals surface area contributed by atoms with E-state index < -0.39 is 5.97 Å². The summed E-state index contributed by atoms with van der Waals surface area (Å²) in [5.74, 6) is -0.0311. The molecule has 0 aliphatic carbocycles. The number of carbonyl (C=O) groups is 2. The normalized spacial score (nSPS) is 16.1. The Morgan fingerprint density at radius 1 is 1.26 bits per heavy atom. The fraction of sp³-hybridized carbons (Fsp3) is 0.174. The Morgan fingerprint density at radius 3 is 2.74 bits per heavy atom. The standard InChI is InChI=1S/C23H22N2O5S/c1-4-11-25-21(26)20(13-15-9-10-18(30-5-2)19(12-15)29-3)31-23(25)24-17-8-6-7-16(14-17)22(27)28/h4,6-10,12-14H,1,5,11H2,2-3H3,(H,27,28)/b20-13-,24-23?. The first-order valence-corrected chi connectivity index (χ1v) is 10.3. The predicted octanol–water partition coefficient (Wildman–Crippen LogP) is 4.58. The molecule has 2 aromatic rings. The maximum absolute atomic E-state index is 13.0. The number of thioether (sulfide) groups is 1. The van der Waals surface area contributed by atoms with Crippen LogP contribution in [0.1, 0.15) is 22.8 Å². The van der Waals surface area contributed by atoms with Gasteiger partial charge in [-0.15, -0.1) is 6.58 Å². The number of benzene rings is 2. The minimum atomic E-state index is -1.04. The van der Waals surface area contributed by atoms with Crippen molar-refractivity contribution in [2.24, 2.45) is 4.99 Å². The van der Waals surface area contributed by atoms with Crippen LogP contribution in [-0.4, -0.2) is 47.3 Å². The van der Waals surface area contributed by atoms with Gasteiger partial charge in [-0.05, 0) is 60.7 Å². The number of carbonyl (C=O) groups excluding carboxylic acids is 1. The van der Waals surface area contributed by atoms with Crippen molar-refractivity contribution in [2.45, 2.75) is 6.92 Å². The van der Waals surface area contributed by atoms with Gasteiger partial charge in [0.2, 0.25) is 0 Å². The highest BCUT2D eigenvalue weighted by Crippen LogP contribution is 2.36. The molecule has 0 aromatic heterocycles. The molecule has 8 heteroatoms. The topological polar surface area (TPSA) is 88.4 Å². The molecule has 0 radical (unpaired) electrons. The molecule has 0 spiro atoms. The maximum Gasteiger partial charge on any atom is 0.335 e. The second kappa shape index (κ2) is 9.99. The van der Waals surface area contributed by atoms with Crippen molar-refractivity contribution in [3.63, 3.8) is 0 Å². The Kier molecular flexibility index (Phi) is 7.15. The highest BCUT2D eigenvalue weighted by molar-refractivity contribution is 8.18. The number of hydrogen-bond acceptors (Lipinski definition) is 6. The van der Waals surface area contributed by atoms with E-state index in [1.165, 1.54) is 28.8 Å². The molecule has 3 rings (SSSR count). The zero-order chi connectivity index (χ0) is 22.4. The van der Waals surface area contributed by atoms with E-state index >= 15 is 0 Å². The second-order valence-corrected chi connectivity index (χ2v) is 7.42. The predicted molar refractivity (Wildman–Crippen MR) is 122 cm³/mol. The van der Waals surface area contributed by atoms with Gasteiger partial charge in [-0.2, -0.15) is 0 Å². The van der Waals surface area contributed by atoms with Gasteiger partial charge in [0.05, 0.1) is 29.9 Å². The summed E-state index contributed by atoms with van der Waals surface area (Å²) in [4.78, 5) is 30.7. The number of aromatic carboxylic acids is 1. The van der Waals surface area contributed by atoms with Gasteiger partial charge in [-0.25, -0.2) is 9.79 Å². The van der Waals surface area contributed by atoms with Crippen LogP contribution in [-0.2, 0) is 4.79 Å². The minimum absolute atomic E-state index is 0.128. The zero-order valence-corrected chi connectivity index (χ0v) is 18.0. The largest absolute Gasteiger partial charge is 0.493 e. The van der Waals surface area contributed by atoms with Crippen molar-refractivity contribution < 1.29 is 24.2 Å². The average Bonchev–Trinajstić information content (AvgIpc) is 3.04. The molecule has 31 heavy (non-hydrogen) atoms. The zero-order valence-electron chi connectivity index (χ0n) is 17.2. The number of carboxylic acid groups (broad SMARTS) is 1. The number of methoxy groups -OCH3 is 1. The van der Waals surface area contributed by atoms with Crippen LogP contribution in [0.4, 0.5) is 5.69 Å². The molecule has 0 atom stereocenters. The van der Waals surface area contributed by atoms with E-state index in [2.05, 4.69) is 11.6 Å². The summed E-state index contributed by atoms with van der Waals surface area (Å²) in [5, 5.41) is 9.65. The fourth-order valence-corrected chi connectivity index (χ4v) is 3.91. The molecule has 1 aliphatic rings. The average molecular weight is 439 g/mol. The van der Waals surface area contributed by atoms with Gasteiger partial charge in [0, 0.05) is 6.54 Å². The highest BCUT2D eigenvalue weighted by Gasteiger charge is 2.32. The number of rotatable bonds is 8. The molecular weight excluding hydrogens is 416 g/mol. The van der Waals surface area contributed by atoms with Crippen molar-refractivity contribution in [3.8, 4) is 11.5 Å². The third kappa shape index (κ3) is 5.16. The molecular formula is C23H22N2O5S. The van der Waals surface area contributed by atoms with Crippen LogP contribution >= 0.6 is 11.8 Å². The van der Waals surface area contributed by atoms with Gasteiger partial charge in [0.25, 0.3) is 5.91 Å². The summed E-state index contributed by atoms with van der Waals surface area (Å²) < 4.78 is 10.9. The smallest absolute Gasteiger partial charge is 0.335 e. The summed E-state index contributed by atoms with van der Waals surface area (Å²) in [5.41, 5.74) is 1.36. The van der Waals surface area contributed by atoms with E-state index in [-0.39, 0.29) is 18.0 Å². The molecule has 0 unspecified atom stereocenters. The van der Waals surface area contributed by atoms with E-state index in [4.69, 9.17) is 9.47 Å². The van der Waals surface area contributed by atoms with Crippen molar-refractivity contribution >= 4 is 40.6 Å². The molecule has 160 valence electrons. The molecule has 1 heterocycles. The Labute approximate surface area is 184 Å². The number of nitrogens with zero attached hydrogens (tertiary/aromatic N) is 2. The quantitative estimate of drug-likeness (QED) is 0.479. The molecule has 2 aromatic carbocycles. The van der Waals surface area contributed by atoms with E-state index in [1.807, 2.05) is 13.0 Å². The van der Waals surface area contributed by atoms with Crippen LogP contribution in [0.2, 0.25) is 0 Å². The second-order valence-electron chi connectivity index (χ2n) is 6.41. The lowest BCUT2D eigenvalue weighted by Gasteiger charge is -2.12. The lowest BCUT2D eigenvalue weighted by Crippen LogP contribution is -2.29. The summed E-state index contributed by atoms with van der Waals surface area (Å²) in [7, 11) is 1.56. The molecule has 1 fully saturated rings. The van der Waals surface area contributed by atoms with Crippen LogP contribution in [0.25, 0.3) is 6.08 Å². The third-order valence-corrected chi connectivity index (χ3v) is 5.31. The van der Waals surface area contributed by atoms with Crippen molar-refractivity contribution in [3.05, 3.63) is 71.2 Å². The summed E-state index contributed by atoms with van der Waals surface area (Å²) >= 11 is 1.22. The third-order valence-electron chi connectivity index (χ3n) is 4.30. The van der Waals surface area contributed by atoms with E-state index in [0.717, 1.165) is 5.56 Å². The van der Waals surface area contributed by atoms with E-state index in [1.54, 1.807) is 43.5 Å². The lowest BCUT2D eigenvalue weighted by atomic mass is 10.2.